The second kappa shape index (κ2) is 3.66. The number of imidazole rings is 1. The van der Waals surface area contributed by atoms with Gasteiger partial charge in [-0.25, -0.2) is 0 Å². The molecule has 0 aliphatic carbocycles. The van der Waals surface area contributed by atoms with E-state index in [0.29, 0.717) is 0 Å². The van der Waals surface area contributed by atoms with E-state index in [1.54, 1.807) is 0 Å². The van der Waals surface area contributed by atoms with E-state index >= 15 is 0 Å². The Balaban J connectivity index is 2.69. The molecule has 1 aromatic heterocycles. The summed E-state index contributed by atoms with van der Waals surface area (Å²) >= 11 is 5.25. The van der Waals surface area contributed by atoms with Crippen molar-refractivity contribution >= 4 is 12.2 Å². The minimum Gasteiger partial charge on any atom is -0.337 e. The van der Waals surface area contributed by atoms with E-state index in [0.717, 1.165) is 16.2 Å². The summed E-state index contributed by atoms with van der Waals surface area (Å²) in [6.45, 7) is 6.24. The molecule has 3 heteroatoms. The van der Waals surface area contributed by atoms with Crippen LogP contribution in [0.1, 0.15) is 16.8 Å². The van der Waals surface area contributed by atoms with Gasteiger partial charge in [0.1, 0.15) is 0 Å². The zero-order valence-corrected chi connectivity index (χ0v) is 9.98. The summed E-state index contributed by atoms with van der Waals surface area (Å²) in [6.07, 6.45) is 1.93. The van der Waals surface area contributed by atoms with Crippen LogP contribution >= 0.6 is 12.2 Å². The zero-order valence-electron chi connectivity index (χ0n) is 9.16. The Morgan fingerprint density at radius 1 is 1.07 bits per heavy atom. The third kappa shape index (κ3) is 1.88. The highest BCUT2D eigenvalue weighted by molar-refractivity contribution is 7.71. The maximum absolute atomic E-state index is 5.25. The van der Waals surface area contributed by atoms with E-state index in [4.69, 9.17) is 12.2 Å². The number of hydrogen-bond acceptors (Lipinski definition) is 1. The Morgan fingerprint density at radius 3 is 2.13 bits per heavy atom. The monoisotopic (exact) mass is 218 g/mol. The first-order valence-corrected chi connectivity index (χ1v) is 5.34. The number of H-pyrrole nitrogens is 1. The van der Waals surface area contributed by atoms with E-state index in [1.807, 2.05) is 13.1 Å². The Labute approximate surface area is 94.6 Å². The van der Waals surface area contributed by atoms with Crippen LogP contribution in [0, 0.1) is 25.5 Å². The minimum atomic E-state index is 0.748. The Bertz CT molecular complexity index is 529. The molecule has 78 valence electrons. The standard InChI is InChI=1S/C12H14N2S/c1-8-4-9(2)6-11(5-8)14-10(3)7-13-12(14)15/h4-7H,1-3H3,(H,13,15). The molecule has 0 fully saturated rings. The first kappa shape index (κ1) is 10.2. The predicted molar refractivity (Wildman–Crippen MR) is 65.2 cm³/mol. The lowest BCUT2D eigenvalue weighted by molar-refractivity contribution is 0.980. The average Bonchev–Trinajstić information content (AvgIpc) is 2.44. The van der Waals surface area contributed by atoms with E-state index in [9.17, 15) is 0 Å². The first-order valence-electron chi connectivity index (χ1n) is 4.93. The number of aromatic amines is 1. The number of nitrogens with one attached hydrogen (secondary N) is 1. The molecule has 0 amide bonds. The van der Waals surface area contributed by atoms with Crippen molar-refractivity contribution in [3.63, 3.8) is 0 Å². The van der Waals surface area contributed by atoms with Gasteiger partial charge in [-0.05, 0) is 56.2 Å². The molecule has 2 aromatic rings. The molecule has 0 radical (unpaired) electrons. The van der Waals surface area contributed by atoms with Crippen LogP contribution in [0.15, 0.2) is 24.4 Å². The van der Waals surface area contributed by atoms with Gasteiger partial charge >= 0.3 is 0 Å². The molecular weight excluding hydrogens is 204 g/mol. The number of aryl methyl sites for hydroxylation is 3. The molecule has 0 saturated carbocycles. The first-order chi connectivity index (χ1) is 7.08. The molecule has 0 spiro atoms. The molecule has 0 saturated heterocycles. The molecule has 0 atom stereocenters. The quantitative estimate of drug-likeness (QED) is 0.727. The van der Waals surface area contributed by atoms with Gasteiger partial charge in [0.2, 0.25) is 0 Å². The number of hydrogen-bond donors (Lipinski definition) is 1. The van der Waals surface area contributed by atoms with Crippen molar-refractivity contribution in [2.75, 3.05) is 0 Å². The normalized spacial score (nSPS) is 10.6. The molecular formula is C12H14N2S. The van der Waals surface area contributed by atoms with Crippen molar-refractivity contribution < 1.29 is 0 Å². The fourth-order valence-electron chi connectivity index (χ4n) is 1.86. The second-order valence-corrected chi connectivity index (χ2v) is 4.30. The fraction of sp³-hybridized carbons (Fsp3) is 0.250. The maximum atomic E-state index is 5.25. The third-order valence-corrected chi connectivity index (χ3v) is 2.73. The molecule has 2 rings (SSSR count). The predicted octanol–water partition coefficient (Wildman–Crippen LogP) is 3.46. The number of aromatic nitrogens is 2. The van der Waals surface area contributed by atoms with Gasteiger partial charge < -0.3 is 4.98 Å². The molecule has 2 nitrogen and oxygen atoms in total. The highest BCUT2D eigenvalue weighted by atomic mass is 32.1. The van der Waals surface area contributed by atoms with Crippen LogP contribution in [0.25, 0.3) is 5.69 Å². The van der Waals surface area contributed by atoms with Gasteiger partial charge in [0, 0.05) is 17.6 Å². The Kier molecular flexibility index (Phi) is 2.49. The van der Waals surface area contributed by atoms with Crippen LogP contribution in [0.3, 0.4) is 0 Å². The molecule has 0 aliphatic rings. The summed E-state index contributed by atoms with van der Waals surface area (Å²) in [6, 6.07) is 6.45. The van der Waals surface area contributed by atoms with Crippen molar-refractivity contribution in [2.45, 2.75) is 20.8 Å². The van der Waals surface area contributed by atoms with E-state index in [-0.39, 0.29) is 0 Å². The summed E-state index contributed by atoms with van der Waals surface area (Å²) in [5.41, 5.74) is 4.78. The summed E-state index contributed by atoms with van der Waals surface area (Å²) < 4.78 is 2.80. The van der Waals surface area contributed by atoms with E-state index in [1.165, 1.54) is 11.1 Å². The highest BCUT2D eigenvalue weighted by Crippen LogP contribution is 2.16. The van der Waals surface area contributed by atoms with Crippen LogP contribution in [0.2, 0.25) is 0 Å². The van der Waals surface area contributed by atoms with Crippen molar-refractivity contribution in [3.8, 4) is 5.69 Å². The average molecular weight is 218 g/mol. The smallest absolute Gasteiger partial charge is 0.182 e. The van der Waals surface area contributed by atoms with Gasteiger partial charge in [-0.1, -0.05) is 6.07 Å². The third-order valence-electron chi connectivity index (χ3n) is 2.42. The molecule has 1 heterocycles. The topological polar surface area (TPSA) is 20.7 Å². The summed E-state index contributed by atoms with van der Waals surface area (Å²) in [5, 5.41) is 0. The molecule has 0 aliphatic heterocycles. The molecule has 0 unspecified atom stereocenters. The van der Waals surface area contributed by atoms with Gasteiger partial charge in [0.05, 0.1) is 0 Å². The van der Waals surface area contributed by atoms with Gasteiger partial charge in [-0.3, -0.25) is 4.57 Å². The lowest BCUT2D eigenvalue weighted by Gasteiger charge is -2.07. The Morgan fingerprint density at radius 2 is 1.67 bits per heavy atom. The highest BCUT2D eigenvalue weighted by Gasteiger charge is 2.03. The number of nitrogens with zero attached hydrogens (tertiary/aromatic N) is 1. The molecule has 1 N–H and O–H groups in total. The van der Waals surface area contributed by atoms with Gasteiger partial charge in [0.25, 0.3) is 0 Å². The summed E-state index contributed by atoms with van der Waals surface area (Å²) in [4.78, 5) is 3.05. The lowest BCUT2D eigenvalue weighted by Crippen LogP contribution is -1.97. The van der Waals surface area contributed by atoms with Gasteiger partial charge in [-0.15, -0.1) is 0 Å². The molecule has 0 bridgehead atoms. The zero-order chi connectivity index (χ0) is 11.0. The van der Waals surface area contributed by atoms with E-state index < -0.39 is 0 Å². The summed E-state index contributed by atoms with van der Waals surface area (Å²) in [7, 11) is 0. The largest absolute Gasteiger partial charge is 0.337 e. The van der Waals surface area contributed by atoms with Crippen LogP contribution in [0.5, 0.6) is 0 Å². The van der Waals surface area contributed by atoms with Gasteiger partial charge in [-0.2, -0.15) is 0 Å². The molecule has 15 heavy (non-hydrogen) atoms. The second-order valence-electron chi connectivity index (χ2n) is 3.92. The fourth-order valence-corrected chi connectivity index (χ4v) is 2.16. The van der Waals surface area contributed by atoms with Gasteiger partial charge in [0.15, 0.2) is 4.77 Å². The number of rotatable bonds is 1. The Hall–Kier alpha value is -1.35. The summed E-state index contributed by atoms with van der Waals surface area (Å²) in [5.74, 6) is 0. The van der Waals surface area contributed by atoms with Crippen molar-refractivity contribution in [1.29, 1.82) is 0 Å². The van der Waals surface area contributed by atoms with Crippen LogP contribution in [0.4, 0.5) is 0 Å². The lowest BCUT2D eigenvalue weighted by atomic mass is 10.1. The van der Waals surface area contributed by atoms with E-state index in [2.05, 4.69) is 41.6 Å². The SMILES string of the molecule is Cc1cc(C)cc(-n2c(C)c[nH]c2=S)c1. The van der Waals surface area contributed by atoms with Crippen LogP contribution in [-0.4, -0.2) is 9.55 Å². The number of benzene rings is 1. The molecule has 1 aromatic carbocycles. The van der Waals surface area contributed by atoms with Crippen LogP contribution < -0.4 is 0 Å². The maximum Gasteiger partial charge on any atom is 0.182 e. The minimum absolute atomic E-state index is 0.748. The van der Waals surface area contributed by atoms with Crippen molar-refractivity contribution in [1.82, 2.24) is 9.55 Å². The van der Waals surface area contributed by atoms with Crippen molar-refractivity contribution in [3.05, 3.63) is 46.0 Å². The van der Waals surface area contributed by atoms with Crippen LogP contribution in [-0.2, 0) is 0 Å². The van der Waals surface area contributed by atoms with Crippen molar-refractivity contribution in [2.24, 2.45) is 0 Å².